The summed E-state index contributed by atoms with van der Waals surface area (Å²) in [5.41, 5.74) is 2.57. The molecule has 0 fully saturated rings. The van der Waals surface area contributed by atoms with E-state index in [1.807, 2.05) is 0 Å². The lowest BCUT2D eigenvalue weighted by molar-refractivity contribution is -0.110. The molecule has 0 aromatic heterocycles. The van der Waals surface area contributed by atoms with Crippen LogP contribution >= 0.6 is 11.6 Å². The Morgan fingerprint density at radius 2 is 1.77 bits per heavy atom. The highest BCUT2D eigenvalue weighted by Crippen LogP contribution is 2.34. The van der Waals surface area contributed by atoms with Crippen molar-refractivity contribution in [1.29, 1.82) is 0 Å². The van der Waals surface area contributed by atoms with Crippen molar-refractivity contribution >= 4 is 44.9 Å². The predicted octanol–water partition coefficient (Wildman–Crippen LogP) is 2.48. The lowest BCUT2D eigenvalue weighted by Crippen LogP contribution is -2.11. The minimum atomic E-state index is -3.73. The second-order valence-electron chi connectivity index (χ2n) is 4.82. The Balaban J connectivity index is 2.03. The Labute approximate surface area is 132 Å². The molecule has 2 aromatic rings. The van der Waals surface area contributed by atoms with E-state index in [9.17, 15) is 13.2 Å². The van der Waals surface area contributed by atoms with Gasteiger partial charge in [0.25, 0.3) is 5.91 Å². The largest absolute Gasteiger partial charge is 0.321 e. The number of carbonyl (C=O) groups excluding carboxylic acids is 1. The number of rotatable bonds is 2. The first kappa shape index (κ1) is 14.8. The number of benzene rings is 2. The van der Waals surface area contributed by atoms with Gasteiger partial charge in [0.2, 0.25) is 10.0 Å². The predicted molar refractivity (Wildman–Crippen MR) is 85.8 cm³/mol. The summed E-state index contributed by atoms with van der Waals surface area (Å²) in [6.45, 7) is 0. The van der Waals surface area contributed by atoms with Crippen LogP contribution in [0.3, 0.4) is 0 Å². The normalized spacial score (nSPS) is 15.7. The third-order valence-corrected chi connectivity index (χ3v) is 4.45. The molecule has 0 unspecified atom stereocenters. The highest BCUT2D eigenvalue weighted by molar-refractivity contribution is 7.89. The molecule has 0 bridgehead atoms. The number of nitrogens with one attached hydrogen (secondary N) is 1. The van der Waals surface area contributed by atoms with E-state index in [0.29, 0.717) is 27.4 Å². The fourth-order valence-corrected chi connectivity index (χ4v) is 2.91. The van der Waals surface area contributed by atoms with Gasteiger partial charge >= 0.3 is 0 Å². The average molecular weight is 335 g/mol. The molecule has 0 saturated carbocycles. The monoisotopic (exact) mass is 334 g/mol. The van der Waals surface area contributed by atoms with E-state index in [4.69, 9.17) is 16.7 Å². The third kappa shape index (κ3) is 2.76. The van der Waals surface area contributed by atoms with E-state index in [1.165, 1.54) is 12.1 Å². The van der Waals surface area contributed by atoms with Crippen molar-refractivity contribution in [3.63, 3.8) is 0 Å². The molecule has 3 N–H and O–H groups in total. The third-order valence-electron chi connectivity index (χ3n) is 3.28. The fraction of sp³-hybridized carbons (Fsp3) is 0. The van der Waals surface area contributed by atoms with Crippen LogP contribution in [0.5, 0.6) is 0 Å². The summed E-state index contributed by atoms with van der Waals surface area (Å²) in [7, 11) is -3.73. The molecule has 5 nitrogen and oxygen atoms in total. The molecular weight excluding hydrogens is 324 g/mol. The van der Waals surface area contributed by atoms with Crippen molar-refractivity contribution in [3.05, 3.63) is 58.6 Å². The van der Waals surface area contributed by atoms with Crippen molar-refractivity contribution in [3.8, 4) is 0 Å². The van der Waals surface area contributed by atoms with Crippen LogP contribution in [-0.2, 0) is 14.8 Å². The number of carbonyl (C=O) groups is 1. The SMILES string of the molecule is NS(=O)(=O)c1ccc(/C=C2\C(=O)Nc3ccc(Cl)cc32)cc1. The van der Waals surface area contributed by atoms with Crippen LogP contribution in [0.2, 0.25) is 5.02 Å². The van der Waals surface area contributed by atoms with Gasteiger partial charge in [-0.3, -0.25) is 4.79 Å². The molecular formula is C15H11ClN2O3S. The summed E-state index contributed by atoms with van der Waals surface area (Å²) in [4.78, 5) is 12.1. The number of hydrogen-bond donors (Lipinski definition) is 2. The lowest BCUT2D eigenvalue weighted by atomic mass is 10.0. The summed E-state index contributed by atoms with van der Waals surface area (Å²) < 4.78 is 22.5. The van der Waals surface area contributed by atoms with Crippen LogP contribution in [-0.4, -0.2) is 14.3 Å². The Bertz CT molecular complexity index is 903. The zero-order chi connectivity index (χ0) is 15.9. The minimum Gasteiger partial charge on any atom is -0.321 e. The van der Waals surface area contributed by atoms with Crippen LogP contribution in [0.25, 0.3) is 11.6 Å². The van der Waals surface area contributed by atoms with Gasteiger partial charge in [-0.05, 0) is 42.0 Å². The molecule has 1 aliphatic heterocycles. The number of sulfonamides is 1. The molecule has 1 aliphatic rings. The first-order valence-electron chi connectivity index (χ1n) is 6.30. The molecule has 3 rings (SSSR count). The minimum absolute atomic E-state index is 0.0222. The number of hydrogen-bond acceptors (Lipinski definition) is 3. The van der Waals surface area contributed by atoms with Crippen molar-refractivity contribution in [2.75, 3.05) is 5.32 Å². The van der Waals surface area contributed by atoms with Crippen LogP contribution in [0.1, 0.15) is 11.1 Å². The van der Waals surface area contributed by atoms with E-state index >= 15 is 0 Å². The Morgan fingerprint density at radius 3 is 2.41 bits per heavy atom. The first-order valence-corrected chi connectivity index (χ1v) is 8.23. The van der Waals surface area contributed by atoms with Crippen LogP contribution in [0.15, 0.2) is 47.4 Å². The van der Waals surface area contributed by atoms with Gasteiger partial charge in [-0.2, -0.15) is 0 Å². The molecule has 2 aromatic carbocycles. The molecule has 1 amide bonds. The highest BCUT2D eigenvalue weighted by Gasteiger charge is 2.24. The molecule has 112 valence electrons. The highest BCUT2D eigenvalue weighted by atomic mass is 35.5. The molecule has 7 heteroatoms. The van der Waals surface area contributed by atoms with E-state index < -0.39 is 10.0 Å². The molecule has 0 aliphatic carbocycles. The molecule has 0 atom stereocenters. The van der Waals surface area contributed by atoms with Crippen molar-refractivity contribution < 1.29 is 13.2 Å². The Hall–Kier alpha value is -2.15. The maximum Gasteiger partial charge on any atom is 0.256 e. The van der Waals surface area contributed by atoms with Gasteiger partial charge in [0.05, 0.1) is 4.90 Å². The fourth-order valence-electron chi connectivity index (χ4n) is 2.22. The van der Waals surface area contributed by atoms with Gasteiger partial charge < -0.3 is 5.32 Å². The van der Waals surface area contributed by atoms with Crippen LogP contribution in [0.4, 0.5) is 5.69 Å². The zero-order valence-electron chi connectivity index (χ0n) is 11.2. The second kappa shape index (κ2) is 5.24. The van der Waals surface area contributed by atoms with Gasteiger partial charge in [-0.25, -0.2) is 13.6 Å². The standard InChI is InChI=1S/C15H11ClN2O3S/c16-10-3-6-14-12(8-10)13(15(19)18-14)7-9-1-4-11(5-2-9)22(17,20)21/h1-8H,(H,18,19)(H2,17,20,21)/b13-7-. The smallest absolute Gasteiger partial charge is 0.256 e. The van der Waals surface area contributed by atoms with E-state index in [1.54, 1.807) is 36.4 Å². The van der Waals surface area contributed by atoms with Gasteiger partial charge in [-0.1, -0.05) is 23.7 Å². The average Bonchev–Trinajstić information content (AvgIpc) is 2.75. The molecule has 22 heavy (non-hydrogen) atoms. The van der Waals surface area contributed by atoms with Crippen LogP contribution < -0.4 is 10.5 Å². The van der Waals surface area contributed by atoms with E-state index in [-0.39, 0.29) is 10.8 Å². The summed E-state index contributed by atoms with van der Waals surface area (Å²) >= 11 is 5.96. The van der Waals surface area contributed by atoms with Crippen molar-refractivity contribution in [2.45, 2.75) is 4.90 Å². The number of halogens is 1. The summed E-state index contributed by atoms with van der Waals surface area (Å²) in [5.74, 6) is -0.229. The molecule has 1 heterocycles. The van der Waals surface area contributed by atoms with Gasteiger partial charge in [0.15, 0.2) is 0 Å². The number of primary sulfonamides is 1. The summed E-state index contributed by atoms with van der Waals surface area (Å²) in [6, 6.07) is 11.1. The summed E-state index contributed by atoms with van der Waals surface area (Å²) in [5, 5.41) is 8.33. The van der Waals surface area contributed by atoms with Gasteiger partial charge in [0, 0.05) is 21.8 Å². The Morgan fingerprint density at radius 1 is 1.09 bits per heavy atom. The topological polar surface area (TPSA) is 89.3 Å². The lowest BCUT2D eigenvalue weighted by Gasteiger charge is -2.01. The zero-order valence-corrected chi connectivity index (χ0v) is 12.8. The van der Waals surface area contributed by atoms with E-state index in [0.717, 1.165) is 0 Å². The van der Waals surface area contributed by atoms with Crippen molar-refractivity contribution in [2.24, 2.45) is 5.14 Å². The van der Waals surface area contributed by atoms with E-state index in [2.05, 4.69) is 5.32 Å². The molecule has 0 spiro atoms. The van der Waals surface area contributed by atoms with Crippen molar-refractivity contribution in [1.82, 2.24) is 0 Å². The van der Waals surface area contributed by atoms with Crippen LogP contribution in [0, 0.1) is 0 Å². The first-order chi connectivity index (χ1) is 10.3. The molecule has 0 saturated heterocycles. The van der Waals surface area contributed by atoms with Gasteiger partial charge in [0.1, 0.15) is 0 Å². The Kier molecular flexibility index (Phi) is 3.52. The maximum absolute atomic E-state index is 12.0. The summed E-state index contributed by atoms with van der Waals surface area (Å²) in [6.07, 6.45) is 1.67. The second-order valence-corrected chi connectivity index (χ2v) is 6.81. The number of anilines is 1. The number of nitrogens with two attached hydrogens (primary N) is 1. The van der Waals surface area contributed by atoms with Gasteiger partial charge in [-0.15, -0.1) is 0 Å². The number of fused-ring (bicyclic) bond motifs is 1. The maximum atomic E-state index is 12.0. The molecule has 0 radical (unpaired) electrons. The quantitative estimate of drug-likeness (QED) is 0.827. The number of amides is 1.